The molecule has 0 aromatic rings. The van der Waals surface area contributed by atoms with Gasteiger partial charge in [0.2, 0.25) is 25.2 Å². The summed E-state index contributed by atoms with van der Waals surface area (Å²) < 4.78 is 0. The molecule has 0 unspecified atom stereocenters. The van der Waals surface area contributed by atoms with Gasteiger partial charge in [-0.2, -0.15) is 0 Å². The van der Waals surface area contributed by atoms with Crippen LogP contribution in [0, 0.1) is 0 Å². The van der Waals surface area contributed by atoms with Gasteiger partial charge in [-0.1, -0.05) is 12.8 Å². The highest BCUT2D eigenvalue weighted by atomic mass is 29.6. The molecule has 0 aromatic carbocycles. The number of hydrogen-bond acceptors (Lipinski definition) is 3. The lowest BCUT2D eigenvalue weighted by molar-refractivity contribution is 0.538. The van der Waals surface area contributed by atoms with Gasteiger partial charge in [0.15, 0.2) is 0 Å². The highest BCUT2D eigenvalue weighted by Crippen LogP contribution is 2.13. The van der Waals surface area contributed by atoms with Crippen molar-refractivity contribution in [1.29, 1.82) is 0 Å². The number of rotatable bonds is 0. The van der Waals surface area contributed by atoms with E-state index < -0.39 is 25.2 Å². The molecule has 3 nitrogen and oxygen atoms in total. The largest absolute Gasteiger partial charge is 0.433 e. The van der Waals surface area contributed by atoms with Crippen LogP contribution in [-0.2, 0) is 0 Å². The van der Waals surface area contributed by atoms with Crippen LogP contribution in [0.15, 0.2) is 0 Å². The van der Waals surface area contributed by atoms with Gasteiger partial charge in [0, 0.05) is 0 Å². The minimum atomic E-state index is -1.67. The molecule has 1 aliphatic rings. The maximum Gasteiger partial charge on any atom is 0.242 e. The lowest BCUT2D eigenvalue weighted by Crippen LogP contribution is -2.47. The Balaban J connectivity index is 2.46. The van der Waals surface area contributed by atoms with E-state index in [2.05, 4.69) is 0 Å². The van der Waals surface area contributed by atoms with E-state index in [9.17, 15) is 14.4 Å². The van der Waals surface area contributed by atoms with E-state index in [1.807, 2.05) is 0 Å². The zero-order valence-electron chi connectivity index (χ0n) is 5.67. The third-order valence-electron chi connectivity index (χ3n) is 1.62. The van der Waals surface area contributed by atoms with E-state index in [1.165, 1.54) is 0 Å². The van der Waals surface area contributed by atoms with E-state index in [4.69, 9.17) is 0 Å². The minimum absolute atomic E-state index is 0.782. The van der Waals surface area contributed by atoms with Crippen LogP contribution in [0.5, 0.6) is 0 Å². The van der Waals surface area contributed by atoms with E-state index in [1.54, 1.807) is 0 Å². The highest BCUT2D eigenvalue weighted by Gasteiger charge is 2.34. The van der Waals surface area contributed by atoms with Gasteiger partial charge in [0.05, 0.1) is 0 Å². The van der Waals surface area contributed by atoms with E-state index in [0.29, 0.717) is 0 Å². The second kappa shape index (κ2) is 3.79. The molecule has 0 aromatic heterocycles. The predicted octanol–water partition coefficient (Wildman–Crippen LogP) is -1.11. The molecule has 1 fully saturated rings. The summed E-state index contributed by atoms with van der Waals surface area (Å²) in [5.74, 6) is 0. The Morgan fingerprint density at radius 3 is 1.60 bits per heavy atom. The molecular weight excluding hydrogens is 180 g/mol. The summed E-state index contributed by atoms with van der Waals surface area (Å²) in [5, 5.41) is 0. The molecular formula is C4H11O3Si3. The minimum Gasteiger partial charge on any atom is -0.433 e. The fourth-order valence-corrected chi connectivity index (χ4v) is 11.7. The van der Waals surface area contributed by atoms with Crippen molar-refractivity contribution >= 4 is 25.2 Å². The zero-order chi connectivity index (χ0) is 7.56. The molecule has 0 amide bonds. The molecule has 1 aliphatic heterocycles. The molecule has 3 N–H and O–H groups in total. The average molecular weight is 191 g/mol. The maximum absolute atomic E-state index is 9.32. The smallest absolute Gasteiger partial charge is 0.242 e. The van der Waals surface area contributed by atoms with Gasteiger partial charge in [0.1, 0.15) is 0 Å². The predicted molar refractivity (Wildman–Crippen MR) is 42.8 cm³/mol. The summed E-state index contributed by atoms with van der Waals surface area (Å²) in [6.45, 7) is 0. The van der Waals surface area contributed by atoms with Gasteiger partial charge < -0.3 is 14.4 Å². The van der Waals surface area contributed by atoms with Crippen LogP contribution in [0.3, 0.4) is 0 Å². The molecule has 1 heterocycles. The average Bonchev–Trinajstić information content (AvgIpc) is 2.04. The first-order valence-corrected chi connectivity index (χ1v) is 10.1. The summed E-state index contributed by atoms with van der Waals surface area (Å²) in [5.41, 5.74) is 0. The van der Waals surface area contributed by atoms with E-state index in [0.717, 1.165) is 24.9 Å². The van der Waals surface area contributed by atoms with Gasteiger partial charge in [-0.25, -0.2) is 0 Å². The van der Waals surface area contributed by atoms with Gasteiger partial charge >= 0.3 is 0 Å². The molecule has 1 saturated heterocycles. The van der Waals surface area contributed by atoms with Crippen LogP contribution in [0.2, 0.25) is 12.1 Å². The van der Waals surface area contributed by atoms with Crippen molar-refractivity contribution in [3.8, 4) is 0 Å². The van der Waals surface area contributed by atoms with Crippen LogP contribution in [0.1, 0.15) is 12.8 Å². The summed E-state index contributed by atoms with van der Waals surface area (Å²) in [6, 6.07) is 1.56. The van der Waals surface area contributed by atoms with E-state index >= 15 is 0 Å². The van der Waals surface area contributed by atoms with E-state index in [-0.39, 0.29) is 0 Å². The standard InChI is InChI=1S/C4H11O3Si3/c5-8-3-1-2-4-9(6)10(8)7/h5-7H,1-4H2. The van der Waals surface area contributed by atoms with Crippen LogP contribution < -0.4 is 0 Å². The Morgan fingerprint density at radius 2 is 1.20 bits per heavy atom. The van der Waals surface area contributed by atoms with Gasteiger partial charge in [-0.15, -0.1) is 0 Å². The molecule has 0 aliphatic carbocycles. The first kappa shape index (κ1) is 8.63. The molecule has 0 spiro atoms. The monoisotopic (exact) mass is 191 g/mol. The highest BCUT2D eigenvalue weighted by molar-refractivity contribution is 7.44. The Bertz CT molecular complexity index is 99.9. The molecule has 10 heavy (non-hydrogen) atoms. The molecule has 0 atom stereocenters. The number of hydrogen-bond donors (Lipinski definition) is 3. The summed E-state index contributed by atoms with van der Waals surface area (Å²) >= 11 is 0. The second-order valence-electron chi connectivity index (χ2n) is 2.45. The summed E-state index contributed by atoms with van der Waals surface area (Å²) in [4.78, 5) is 27.9. The van der Waals surface area contributed by atoms with Crippen molar-refractivity contribution in [2.24, 2.45) is 0 Å². The quantitative estimate of drug-likeness (QED) is 0.426. The lowest BCUT2D eigenvalue weighted by atomic mass is 10.4. The topological polar surface area (TPSA) is 60.7 Å². The van der Waals surface area contributed by atoms with Crippen molar-refractivity contribution in [2.45, 2.75) is 24.9 Å². The lowest BCUT2D eigenvalue weighted by Gasteiger charge is -2.10. The Morgan fingerprint density at radius 1 is 0.800 bits per heavy atom. The fraction of sp³-hybridized carbons (Fsp3) is 1.00. The molecule has 0 saturated carbocycles. The van der Waals surface area contributed by atoms with Crippen LogP contribution in [-0.4, -0.2) is 39.6 Å². The van der Waals surface area contributed by atoms with Crippen molar-refractivity contribution in [2.75, 3.05) is 0 Å². The maximum atomic E-state index is 9.32. The second-order valence-corrected chi connectivity index (χ2v) is 13.7. The SMILES string of the molecule is O[Si]1CCCC[Si](O)[Si]1O. The molecule has 6 heteroatoms. The van der Waals surface area contributed by atoms with Crippen molar-refractivity contribution < 1.29 is 14.4 Å². The molecule has 1 rings (SSSR count). The Labute approximate surface area is 65.1 Å². The molecule has 3 radical (unpaired) electrons. The first-order valence-electron chi connectivity index (χ1n) is 3.38. The normalized spacial score (nSPS) is 26.7. The molecule has 57 valence electrons. The third-order valence-corrected chi connectivity index (χ3v) is 14.3. The van der Waals surface area contributed by atoms with Crippen LogP contribution in [0.25, 0.3) is 0 Å². The van der Waals surface area contributed by atoms with Crippen molar-refractivity contribution in [1.82, 2.24) is 0 Å². The fourth-order valence-electron chi connectivity index (χ4n) is 0.988. The summed E-state index contributed by atoms with van der Waals surface area (Å²) in [6.07, 6.45) is 1.99. The van der Waals surface area contributed by atoms with Crippen molar-refractivity contribution in [3.63, 3.8) is 0 Å². The van der Waals surface area contributed by atoms with Gasteiger partial charge in [0.25, 0.3) is 0 Å². The van der Waals surface area contributed by atoms with Crippen LogP contribution in [0.4, 0.5) is 0 Å². The third kappa shape index (κ3) is 2.01. The Kier molecular flexibility index (Phi) is 3.27. The summed E-state index contributed by atoms with van der Waals surface area (Å²) in [7, 11) is -4.67. The Hall–Kier alpha value is 0.531. The van der Waals surface area contributed by atoms with Crippen molar-refractivity contribution in [3.05, 3.63) is 0 Å². The van der Waals surface area contributed by atoms with Crippen LogP contribution >= 0.6 is 0 Å². The first-order chi connectivity index (χ1) is 4.72. The molecule has 0 bridgehead atoms. The van der Waals surface area contributed by atoms with Gasteiger partial charge in [-0.05, 0) is 12.1 Å². The zero-order valence-corrected chi connectivity index (χ0v) is 8.67. The van der Waals surface area contributed by atoms with Gasteiger partial charge in [-0.3, -0.25) is 0 Å².